The molecule has 0 fully saturated rings. The van der Waals surface area contributed by atoms with Crippen LogP contribution in [-0.4, -0.2) is 22.5 Å². The van der Waals surface area contributed by atoms with Crippen molar-refractivity contribution in [2.24, 2.45) is 5.92 Å². The van der Waals surface area contributed by atoms with Gasteiger partial charge in [-0.25, -0.2) is 0 Å². The van der Waals surface area contributed by atoms with Crippen molar-refractivity contribution in [1.82, 2.24) is 0 Å². The van der Waals surface area contributed by atoms with E-state index in [0.717, 1.165) is 0 Å². The molecule has 0 heterocycles. The van der Waals surface area contributed by atoms with Crippen LogP contribution in [0, 0.1) is 16.0 Å². The molecule has 5 nitrogen and oxygen atoms in total. The fourth-order valence-corrected chi connectivity index (χ4v) is 0.936. The minimum absolute atomic E-state index is 0.302. The lowest BCUT2D eigenvalue weighted by molar-refractivity contribution is -0.506. The fraction of sp³-hybridized carbons (Fsp3) is 0.750. The molecule has 5 heteroatoms. The predicted molar refractivity (Wildman–Crippen MR) is 45.9 cm³/mol. The van der Waals surface area contributed by atoms with Crippen LogP contribution in [-0.2, 0) is 9.59 Å². The number of carbonyl (C=O) groups is 2. The maximum Gasteiger partial charge on any atom is 0.277 e. The Morgan fingerprint density at radius 2 is 1.85 bits per heavy atom. The van der Waals surface area contributed by atoms with E-state index in [2.05, 4.69) is 0 Å². The first-order valence-corrected chi connectivity index (χ1v) is 4.03. The van der Waals surface area contributed by atoms with Crippen LogP contribution in [0.5, 0.6) is 0 Å². The zero-order chi connectivity index (χ0) is 10.6. The van der Waals surface area contributed by atoms with E-state index >= 15 is 0 Å². The van der Waals surface area contributed by atoms with E-state index < -0.39 is 22.7 Å². The van der Waals surface area contributed by atoms with Crippen molar-refractivity contribution in [2.75, 3.05) is 0 Å². The molecule has 0 bridgehead atoms. The summed E-state index contributed by atoms with van der Waals surface area (Å²) < 4.78 is 0. The normalized spacial score (nSPS) is 12.6. The van der Waals surface area contributed by atoms with Gasteiger partial charge in [0.25, 0.3) is 6.04 Å². The van der Waals surface area contributed by atoms with E-state index in [0.29, 0.717) is 0 Å². The molecule has 0 aliphatic carbocycles. The number of nitro groups is 1. The van der Waals surface area contributed by atoms with Crippen LogP contribution in [0.2, 0.25) is 0 Å². The van der Waals surface area contributed by atoms with Crippen molar-refractivity contribution in [1.29, 1.82) is 0 Å². The van der Waals surface area contributed by atoms with E-state index in [-0.39, 0.29) is 12.2 Å². The minimum atomic E-state index is -1.36. The van der Waals surface area contributed by atoms with Crippen LogP contribution < -0.4 is 0 Å². The quantitative estimate of drug-likeness (QED) is 0.472. The van der Waals surface area contributed by atoms with E-state index in [4.69, 9.17) is 0 Å². The Kier molecular flexibility index (Phi) is 4.23. The highest BCUT2D eigenvalue weighted by molar-refractivity contribution is 5.89. The molecule has 0 aliphatic rings. The maximum atomic E-state index is 11.2. The van der Waals surface area contributed by atoms with Gasteiger partial charge < -0.3 is 0 Å². The molecular formula is C8H13NO4. The summed E-state index contributed by atoms with van der Waals surface area (Å²) in [6.07, 6.45) is -0.302. The second kappa shape index (κ2) is 4.69. The highest BCUT2D eigenvalue weighted by atomic mass is 16.6. The van der Waals surface area contributed by atoms with Crippen molar-refractivity contribution >= 4 is 11.6 Å². The molecule has 0 N–H and O–H groups in total. The molecule has 0 radical (unpaired) electrons. The number of carbonyl (C=O) groups excluding carboxylic acids is 2. The molecule has 0 aromatic rings. The molecule has 0 saturated heterocycles. The molecule has 0 spiro atoms. The van der Waals surface area contributed by atoms with Crippen LogP contribution in [0.15, 0.2) is 0 Å². The van der Waals surface area contributed by atoms with Gasteiger partial charge in [0.2, 0.25) is 5.78 Å². The summed E-state index contributed by atoms with van der Waals surface area (Å²) in [7, 11) is 0. The minimum Gasteiger partial charge on any atom is -0.300 e. The Labute approximate surface area is 76.3 Å². The van der Waals surface area contributed by atoms with E-state index in [1.54, 1.807) is 13.8 Å². The molecule has 1 atom stereocenters. The zero-order valence-corrected chi connectivity index (χ0v) is 7.94. The number of hydrogen-bond donors (Lipinski definition) is 0. The van der Waals surface area contributed by atoms with Gasteiger partial charge in [-0.05, 0) is 6.92 Å². The highest BCUT2D eigenvalue weighted by Crippen LogP contribution is 2.07. The van der Waals surface area contributed by atoms with Crippen LogP contribution >= 0.6 is 0 Å². The summed E-state index contributed by atoms with van der Waals surface area (Å²) in [6.45, 7) is 4.40. The van der Waals surface area contributed by atoms with Crippen molar-refractivity contribution in [3.05, 3.63) is 10.1 Å². The first-order chi connectivity index (χ1) is 5.86. The van der Waals surface area contributed by atoms with Crippen molar-refractivity contribution in [3.63, 3.8) is 0 Å². The van der Waals surface area contributed by atoms with Gasteiger partial charge in [-0.2, -0.15) is 0 Å². The van der Waals surface area contributed by atoms with Gasteiger partial charge in [-0.15, -0.1) is 0 Å². The van der Waals surface area contributed by atoms with Gasteiger partial charge >= 0.3 is 0 Å². The van der Waals surface area contributed by atoms with Gasteiger partial charge in [0.15, 0.2) is 0 Å². The number of Topliss-reactive ketones (excluding diaryl/α,β-unsaturated/α-hetero) is 2. The summed E-state index contributed by atoms with van der Waals surface area (Å²) in [5.74, 6) is -1.23. The Bertz CT molecular complexity index is 234. The first kappa shape index (κ1) is 11.7. The third-order valence-electron chi connectivity index (χ3n) is 1.63. The van der Waals surface area contributed by atoms with Crippen LogP contribution in [0.4, 0.5) is 0 Å². The first-order valence-electron chi connectivity index (χ1n) is 4.03. The number of ketones is 2. The van der Waals surface area contributed by atoms with E-state index in [1.165, 1.54) is 6.92 Å². The molecular weight excluding hydrogens is 174 g/mol. The van der Waals surface area contributed by atoms with Crippen LogP contribution in [0.1, 0.15) is 27.2 Å². The summed E-state index contributed by atoms with van der Waals surface area (Å²) in [6, 6.07) is -1.36. The Morgan fingerprint density at radius 1 is 1.38 bits per heavy atom. The third-order valence-corrected chi connectivity index (χ3v) is 1.63. The summed E-state index contributed by atoms with van der Waals surface area (Å²) in [5.41, 5.74) is 0. The highest BCUT2D eigenvalue weighted by Gasteiger charge is 2.32. The lowest BCUT2D eigenvalue weighted by atomic mass is 9.98. The molecule has 74 valence electrons. The molecule has 0 rings (SSSR count). The summed E-state index contributed by atoms with van der Waals surface area (Å²) >= 11 is 0. The average molecular weight is 187 g/mol. The Morgan fingerprint density at radius 3 is 2.08 bits per heavy atom. The second-order valence-electron chi connectivity index (χ2n) is 3.26. The largest absolute Gasteiger partial charge is 0.300 e. The van der Waals surface area contributed by atoms with Gasteiger partial charge in [-0.3, -0.25) is 19.7 Å². The van der Waals surface area contributed by atoms with Crippen molar-refractivity contribution in [3.8, 4) is 0 Å². The third kappa shape index (κ3) is 3.78. The topological polar surface area (TPSA) is 77.3 Å². The van der Waals surface area contributed by atoms with Gasteiger partial charge in [0.05, 0.1) is 6.42 Å². The summed E-state index contributed by atoms with van der Waals surface area (Å²) in [4.78, 5) is 31.6. The lowest BCUT2D eigenvalue weighted by Crippen LogP contribution is -2.34. The lowest BCUT2D eigenvalue weighted by Gasteiger charge is -2.08. The monoisotopic (exact) mass is 187 g/mol. The summed E-state index contributed by atoms with van der Waals surface area (Å²) in [5, 5.41) is 10.4. The van der Waals surface area contributed by atoms with Crippen molar-refractivity contribution in [2.45, 2.75) is 33.2 Å². The van der Waals surface area contributed by atoms with Gasteiger partial charge in [0.1, 0.15) is 5.78 Å². The Hall–Kier alpha value is -1.26. The molecule has 0 aromatic heterocycles. The fourth-order valence-electron chi connectivity index (χ4n) is 0.936. The maximum absolute atomic E-state index is 11.2. The molecule has 0 aliphatic heterocycles. The number of hydrogen-bond acceptors (Lipinski definition) is 4. The molecule has 0 aromatic carbocycles. The SMILES string of the molecule is CC(=O)CC(C(=O)C(C)C)[N+](=O)[O-]. The molecule has 0 saturated carbocycles. The van der Waals surface area contributed by atoms with Crippen molar-refractivity contribution < 1.29 is 14.5 Å². The van der Waals surface area contributed by atoms with Gasteiger partial charge in [-0.1, -0.05) is 13.8 Å². The van der Waals surface area contributed by atoms with E-state index in [9.17, 15) is 19.7 Å². The second-order valence-corrected chi connectivity index (χ2v) is 3.26. The smallest absolute Gasteiger partial charge is 0.277 e. The average Bonchev–Trinajstić information content (AvgIpc) is 1.97. The molecule has 0 amide bonds. The predicted octanol–water partition coefficient (Wildman–Crippen LogP) is 0.836. The standard InChI is InChI=1S/C8H13NO4/c1-5(2)8(11)7(9(12)13)4-6(3)10/h5,7H,4H2,1-3H3. The Balaban J connectivity index is 4.52. The number of rotatable bonds is 5. The van der Waals surface area contributed by atoms with Crippen LogP contribution in [0.3, 0.4) is 0 Å². The van der Waals surface area contributed by atoms with Gasteiger partial charge in [0, 0.05) is 10.8 Å². The van der Waals surface area contributed by atoms with Crippen LogP contribution in [0.25, 0.3) is 0 Å². The molecule has 13 heavy (non-hydrogen) atoms. The molecule has 1 unspecified atom stereocenters. The van der Waals surface area contributed by atoms with E-state index in [1.807, 2.05) is 0 Å². The number of nitrogens with zero attached hydrogens (tertiary/aromatic N) is 1. The zero-order valence-electron chi connectivity index (χ0n) is 7.94.